The monoisotopic (exact) mass is 484 g/mol. The van der Waals surface area contributed by atoms with Gasteiger partial charge in [0.1, 0.15) is 11.6 Å². The summed E-state index contributed by atoms with van der Waals surface area (Å²) in [6, 6.07) is 17.8. The maximum atomic E-state index is 11.6. The fourth-order valence-corrected chi connectivity index (χ4v) is 4.13. The van der Waals surface area contributed by atoms with Crippen molar-refractivity contribution in [1.82, 2.24) is 9.88 Å². The normalized spacial score (nSPS) is 13.2. The number of aromatic nitrogens is 1. The van der Waals surface area contributed by atoms with Crippen molar-refractivity contribution in [2.75, 3.05) is 47.0 Å². The lowest BCUT2D eigenvalue weighted by Gasteiger charge is -2.35. The smallest absolute Gasteiger partial charge is 0.247 e. The Bertz CT molecular complexity index is 1280. The molecule has 1 aliphatic rings. The highest BCUT2D eigenvalue weighted by molar-refractivity contribution is 5.99. The van der Waals surface area contributed by atoms with Gasteiger partial charge in [-0.3, -0.25) is 9.59 Å². The zero-order valence-corrected chi connectivity index (χ0v) is 21.0. The van der Waals surface area contributed by atoms with E-state index in [1.165, 1.54) is 6.08 Å². The summed E-state index contributed by atoms with van der Waals surface area (Å²) in [5.74, 6) is 1.33. The first-order valence-electron chi connectivity index (χ1n) is 12.0. The van der Waals surface area contributed by atoms with E-state index in [1.54, 1.807) is 6.92 Å². The molecule has 1 fully saturated rings. The van der Waals surface area contributed by atoms with Crippen LogP contribution in [0.5, 0.6) is 0 Å². The zero-order chi connectivity index (χ0) is 25.7. The number of hydrogen-bond donors (Lipinski definition) is 3. The number of rotatable bonds is 7. The second-order valence-electron chi connectivity index (χ2n) is 8.88. The van der Waals surface area contributed by atoms with E-state index in [9.17, 15) is 9.59 Å². The maximum absolute atomic E-state index is 11.6. The van der Waals surface area contributed by atoms with E-state index >= 15 is 0 Å². The second-order valence-corrected chi connectivity index (χ2v) is 8.88. The highest BCUT2D eigenvalue weighted by atomic mass is 16.2. The maximum Gasteiger partial charge on any atom is 0.247 e. The molecule has 0 bridgehead atoms. The van der Waals surface area contributed by atoms with Crippen LogP contribution in [0, 0.1) is 13.8 Å². The summed E-state index contributed by atoms with van der Waals surface area (Å²) in [5, 5.41) is 9.54. The van der Waals surface area contributed by atoms with Gasteiger partial charge in [0.15, 0.2) is 0 Å². The van der Waals surface area contributed by atoms with Crippen LogP contribution >= 0.6 is 0 Å². The third-order valence-corrected chi connectivity index (χ3v) is 6.24. The van der Waals surface area contributed by atoms with Crippen LogP contribution in [0.3, 0.4) is 0 Å². The standard InChI is InChI=1S/C28H32N6O2/c1-5-27(36)29-22-7-6-8-23(18-22)30-28-19(2)9-12-26(32-28)31-25-11-10-24(17-20(25)3)34-15-13-33(14-16-34)21(4)35/h5-12,17-18H,1,13-16H2,2-4H3,(H,29,36)(H2,30,31,32). The first-order chi connectivity index (χ1) is 17.3. The van der Waals surface area contributed by atoms with Gasteiger partial charge in [0, 0.05) is 55.9 Å². The van der Waals surface area contributed by atoms with E-state index in [4.69, 9.17) is 4.98 Å². The van der Waals surface area contributed by atoms with E-state index < -0.39 is 0 Å². The molecule has 8 nitrogen and oxygen atoms in total. The molecular weight excluding hydrogens is 452 g/mol. The predicted molar refractivity (Wildman–Crippen MR) is 146 cm³/mol. The number of benzene rings is 2. The second kappa shape index (κ2) is 10.9. The topological polar surface area (TPSA) is 89.6 Å². The largest absolute Gasteiger partial charge is 0.368 e. The molecule has 1 aromatic heterocycles. The Morgan fingerprint density at radius 2 is 1.67 bits per heavy atom. The van der Waals surface area contributed by atoms with E-state index in [0.29, 0.717) is 5.69 Å². The average molecular weight is 485 g/mol. The highest BCUT2D eigenvalue weighted by Gasteiger charge is 2.19. The lowest BCUT2D eigenvalue weighted by molar-refractivity contribution is -0.129. The SMILES string of the molecule is C=CC(=O)Nc1cccc(Nc2nc(Nc3ccc(N4CCN(C(C)=O)CC4)cc3C)ccc2C)c1. The van der Waals surface area contributed by atoms with Gasteiger partial charge in [0.05, 0.1) is 0 Å². The molecule has 1 aliphatic heterocycles. The van der Waals surface area contributed by atoms with E-state index in [2.05, 4.69) is 52.6 Å². The van der Waals surface area contributed by atoms with Gasteiger partial charge in [-0.1, -0.05) is 18.7 Å². The van der Waals surface area contributed by atoms with Crippen LogP contribution in [0.2, 0.25) is 0 Å². The third kappa shape index (κ3) is 6.02. The van der Waals surface area contributed by atoms with Crippen LogP contribution in [-0.2, 0) is 9.59 Å². The van der Waals surface area contributed by atoms with Gasteiger partial charge in [-0.2, -0.15) is 0 Å². The lowest BCUT2D eigenvalue weighted by Crippen LogP contribution is -2.48. The Morgan fingerprint density at radius 1 is 0.917 bits per heavy atom. The number of amides is 2. The van der Waals surface area contributed by atoms with E-state index in [-0.39, 0.29) is 11.8 Å². The molecular formula is C28H32N6O2. The molecule has 0 spiro atoms. The quantitative estimate of drug-likeness (QED) is 0.410. The molecule has 0 saturated carbocycles. The summed E-state index contributed by atoms with van der Waals surface area (Å²) in [6.45, 7) is 12.3. The molecule has 186 valence electrons. The average Bonchev–Trinajstić information content (AvgIpc) is 2.87. The van der Waals surface area contributed by atoms with Crippen molar-refractivity contribution < 1.29 is 9.59 Å². The van der Waals surface area contributed by atoms with Crippen molar-refractivity contribution >= 4 is 46.2 Å². The number of carbonyl (C=O) groups excluding carboxylic acids is 2. The number of nitrogens with one attached hydrogen (secondary N) is 3. The molecule has 3 aromatic rings. The molecule has 0 radical (unpaired) electrons. The van der Waals surface area contributed by atoms with Gasteiger partial charge in [0.2, 0.25) is 11.8 Å². The van der Waals surface area contributed by atoms with Crippen LogP contribution in [-0.4, -0.2) is 47.9 Å². The summed E-state index contributed by atoms with van der Waals surface area (Å²) in [5.41, 5.74) is 5.74. The van der Waals surface area contributed by atoms with Crippen molar-refractivity contribution in [2.24, 2.45) is 0 Å². The fourth-order valence-electron chi connectivity index (χ4n) is 4.13. The first-order valence-corrected chi connectivity index (χ1v) is 12.0. The van der Waals surface area contributed by atoms with Crippen LogP contribution in [0.4, 0.5) is 34.4 Å². The molecule has 0 atom stereocenters. The summed E-state index contributed by atoms with van der Waals surface area (Å²) in [6.07, 6.45) is 1.24. The van der Waals surface area contributed by atoms with Crippen molar-refractivity contribution in [3.63, 3.8) is 0 Å². The van der Waals surface area contributed by atoms with Gasteiger partial charge in [-0.15, -0.1) is 0 Å². The number of pyridine rings is 1. The summed E-state index contributed by atoms with van der Waals surface area (Å²) >= 11 is 0. The van der Waals surface area contributed by atoms with Crippen molar-refractivity contribution in [3.8, 4) is 0 Å². The Labute approximate surface area is 212 Å². The minimum Gasteiger partial charge on any atom is -0.368 e. The van der Waals surface area contributed by atoms with Crippen LogP contribution in [0.25, 0.3) is 0 Å². The molecule has 0 unspecified atom stereocenters. The molecule has 2 heterocycles. The predicted octanol–water partition coefficient (Wildman–Crippen LogP) is 4.98. The van der Waals surface area contributed by atoms with Crippen LogP contribution < -0.4 is 20.9 Å². The molecule has 4 rings (SSSR count). The summed E-state index contributed by atoms with van der Waals surface area (Å²) in [4.78, 5) is 32.2. The Kier molecular flexibility index (Phi) is 7.53. The molecule has 3 N–H and O–H groups in total. The zero-order valence-electron chi connectivity index (χ0n) is 21.0. The Morgan fingerprint density at radius 3 is 2.36 bits per heavy atom. The van der Waals surface area contributed by atoms with Crippen LogP contribution in [0.15, 0.2) is 67.3 Å². The van der Waals surface area contributed by atoms with Gasteiger partial charge < -0.3 is 25.8 Å². The molecule has 36 heavy (non-hydrogen) atoms. The number of nitrogens with zero attached hydrogens (tertiary/aromatic N) is 3. The minimum atomic E-state index is -0.257. The fraction of sp³-hybridized carbons (Fsp3) is 0.250. The summed E-state index contributed by atoms with van der Waals surface area (Å²) in [7, 11) is 0. The van der Waals surface area contributed by atoms with Gasteiger partial charge in [-0.05, 0) is 73.5 Å². The van der Waals surface area contributed by atoms with Gasteiger partial charge >= 0.3 is 0 Å². The number of piperazine rings is 1. The highest BCUT2D eigenvalue weighted by Crippen LogP contribution is 2.28. The van der Waals surface area contributed by atoms with Crippen molar-refractivity contribution in [2.45, 2.75) is 20.8 Å². The number of aryl methyl sites for hydroxylation is 2. The summed E-state index contributed by atoms with van der Waals surface area (Å²) < 4.78 is 0. The Hall–Kier alpha value is -4.33. The van der Waals surface area contributed by atoms with Crippen molar-refractivity contribution in [3.05, 3.63) is 78.4 Å². The van der Waals surface area contributed by atoms with Gasteiger partial charge in [0.25, 0.3) is 0 Å². The molecule has 2 amide bonds. The molecule has 8 heteroatoms. The van der Waals surface area contributed by atoms with Crippen molar-refractivity contribution in [1.29, 1.82) is 0 Å². The molecule has 0 aliphatic carbocycles. The Balaban J connectivity index is 1.45. The molecule has 2 aromatic carbocycles. The third-order valence-electron chi connectivity index (χ3n) is 6.24. The number of carbonyl (C=O) groups is 2. The molecule has 1 saturated heterocycles. The first kappa shape index (κ1) is 24.8. The lowest BCUT2D eigenvalue weighted by atomic mass is 10.1. The minimum absolute atomic E-state index is 0.136. The van der Waals surface area contributed by atoms with E-state index in [1.807, 2.05) is 48.2 Å². The van der Waals surface area contributed by atoms with E-state index in [0.717, 1.165) is 66.0 Å². The number of anilines is 6. The van der Waals surface area contributed by atoms with Crippen LogP contribution in [0.1, 0.15) is 18.1 Å². The number of hydrogen-bond acceptors (Lipinski definition) is 6. The van der Waals surface area contributed by atoms with Gasteiger partial charge in [-0.25, -0.2) is 4.98 Å².